The zero-order valence-corrected chi connectivity index (χ0v) is 6.86. The van der Waals surface area contributed by atoms with Crippen LogP contribution in [0.4, 0.5) is 0 Å². The Morgan fingerprint density at radius 2 is 1.27 bits per heavy atom. The van der Waals surface area contributed by atoms with Crippen molar-refractivity contribution in [3.63, 3.8) is 0 Å². The lowest BCUT2D eigenvalue weighted by Gasteiger charge is -1.90. The molecule has 0 fully saturated rings. The number of nitrogens with zero attached hydrogens (tertiary/aromatic N) is 2. The predicted octanol–water partition coefficient (Wildman–Crippen LogP) is 1.74. The van der Waals surface area contributed by atoms with Crippen LogP contribution in [0.3, 0.4) is 0 Å². The first-order valence-corrected chi connectivity index (χ1v) is 3.12. The summed E-state index contributed by atoms with van der Waals surface area (Å²) < 4.78 is 0. The number of fused-ring (bicyclic) bond motifs is 1. The van der Waals surface area contributed by atoms with E-state index in [-0.39, 0.29) is 13.5 Å². The molecule has 1 heterocycles. The van der Waals surface area contributed by atoms with Gasteiger partial charge in [-0.1, -0.05) is 24.3 Å². The van der Waals surface area contributed by atoms with E-state index in [2.05, 4.69) is 10.2 Å². The van der Waals surface area contributed by atoms with Crippen LogP contribution in [0.1, 0.15) is 0 Å². The molecule has 0 bridgehead atoms. The molecule has 2 rings (SSSR count). The molecule has 0 saturated carbocycles. The van der Waals surface area contributed by atoms with E-state index < -0.39 is 0 Å². The highest BCUT2D eigenvalue weighted by Gasteiger charge is 1.87. The van der Waals surface area contributed by atoms with E-state index in [1.165, 1.54) is 0 Å². The van der Waals surface area contributed by atoms with Gasteiger partial charge in [-0.3, -0.25) is 0 Å². The van der Waals surface area contributed by atoms with Crippen LogP contribution in [-0.4, -0.2) is 10.2 Å². The maximum Gasteiger partial charge on any atom is 0.0574 e. The van der Waals surface area contributed by atoms with Gasteiger partial charge in [-0.25, -0.2) is 0 Å². The van der Waals surface area contributed by atoms with Gasteiger partial charge in [-0.15, -0.1) is 0 Å². The van der Waals surface area contributed by atoms with E-state index >= 15 is 0 Å². The molecule has 56 valence electrons. The van der Waals surface area contributed by atoms with Crippen LogP contribution in [0.25, 0.3) is 10.8 Å². The summed E-state index contributed by atoms with van der Waals surface area (Å²) in [6.07, 6.45) is 3.52. The number of hydrogen-bond donors (Lipinski definition) is 0. The lowest BCUT2D eigenvalue weighted by molar-refractivity contribution is 1.05. The Morgan fingerprint density at radius 3 is 1.73 bits per heavy atom. The molecule has 2 aromatic rings. The Labute approximate surface area is 71.7 Å². The van der Waals surface area contributed by atoms with Crippen LogP contribution >= 0.6 is 13.5 Å². The average Bonchev–Trinajstić information content (AvgIpc) is 2.05. The molecule has 0 aliphatic carbocycles. The maximum absolute atomic E-state index is 3.76. The topological polar surface area (TPSA) is 25.8 Å². The normalized spacial score (nSPS) is 9.09. The minimum absolute atomic E-state index is 0. The van der Waals surface area contributed by atoms with Gasteiger partial charge >= 0.3 is 0 Å². The SMILES string of the molecule is S.c1ccc2cnncc2c1. The molecule has 3 heteroatoms. The first kappa shape index (κ1) is 8.01. The second kappa shape index (κ2) is 3.34. The van der Waals surface area contributed by atoms with E-state index in [0.717, 1.165) is 10.8 Å². The Hall–Kier alpha value is -1.09. The van der Waals surface area contributed by atoms with Crippen molar-refractivity contribution in [2.45, 2.75) is 0 Å². The summed E-state index contributed by atoms with van der Waals surface area (Å²) in [6, 6.07) is 8.02. The molecule has 0 spiro atoms. The van der Waals surface area contributed by atoms with E-state index in [9.17, 15) is 0 Å². The first-order chi connectivity index (χ1) is 4.97. The number of aromatic nitrogens is 2. The zero-order chi connectivity index (χ0) is 6.81. The molecule has 1 aromatic heterocycles. The van der Waals surface area contributed by atoms with Gasteiger partial charge in [0.05, 0.1) is 12.4 Å². The number of benzene rings is 1. The minimum Gasteiger partial charge on any atom is -0.197 e. The predicted molar refractivity (Wildman–Crippen MR) is 49.9 cm³/mol. The molecule has 0 aliphatic rings. The fourth-order valence-electron chi connectivity index (χ4n) is 0.937. The van der Waals surface area contributed by atoms with Crippen molar-refractivity contribution in [1.29, 1.82) is 0 Å². The largest absolute Gasteiger partial charge is 0.197 e. The highest BCUT2D eigenvalue weighted by Crippen LogP contribution is 2.08. The van der Waals surface area contributed by atoms with Crippen molar-refractivity contribution in [2.75, 3.05) is 0 Å². The maximum atomic E-state index is 3.76. The Balaban J connectivity index is 0.000000605. The molecule has 0 aliphatic heterocycles. The molecule has 0 atom stereocenters. The molecule has 11 heavy (non-hydrogen) atoms. The van der Waals surface area contributed by atoms with Crippen LogP contribution in [-0.2, 0) is 0 Å². The monoisotopic (exact) mass is 164 g/mol. The molecule has 1 aromatic carbocycles. The van der Waals surface area contributed by atoms with E-state index in [1.807, 2.05) is 24.3 Å². The molecular weight excluding hydrogens is 156 g/mol. The summed E-state index contributed by atoms with van der Waals surface area (Å²) in [4.78, 5) is 0. The standard InChI is InChI=1S/C8H6N2.H2S/c1-2-4-8-6-10-9-5-7(8)3-1;/h1-6H;1H2. The van der Waals surface area contributed by atoms with Gasteiger partial charge in [-0.05, 0) is 0 Å². The van der Waals surface area contributed by atoms with Gasteiger partial charge in [0.2, 0.25) is 0 Å². The van der Waals surface area contributed by atoms with Crippen LogP contribution in [0.15, 0.2) is 36.7 Å². The van der Waals surface area contributed by atoms with Gasteiger partial charge < -0.3 is 0 Å². The third-order valence-electron chi connectivity index (χ3n) is 1.46. The Morgan fingerprint density at radius 1 is 0.818 bits per heavy atom. The van der Waals surface area contributed by atoms with Gasteiger partial charge in [-0.2, -0.15) is 23.7 Å². The van der Waals surface area contributed by atoms with Crippen molar-refractivity contribution in [2.24, 2.45) is 0 Å². The van der Waals surface area contributed by atoms with Gasteiger partial charge in [0.25, 0.3) is 0 Å². The fraction of sp³-hybridized carbons (Fsp3) is 0. The molecule has 0 radical (unpaired) electrons. The van der Waals surface area contributed by atoms with Gasteiger partial charge in [0, 0.05) is 10.8 Å². The third kappa shape index (κ3) is 1.49. The lowest BCUT2D eigenvalue weighted by atomic mass is 10.2. The molecule has 0 N–H and O–H groups in total. The Kier molecular flexibility index (Phi) is 2.44. The first-order valence-electron chi connectivity index (χ1n) is 3.12. The molecule has 0 amide bonds. The zero-order valence-electron chi connectivity index (χ0n) is 5.86. The van der Waals surface area contributed by atoms with Crippen molar-refractivity contribution < 1.29 is 0 Å². The quantitative estimate of drug-likeness (QED) is 0.592. The molecule has 0 unspecified atom stereocenters. The summed E-state index contributed by atoms with van der Waals surface area (Å²) in [6.45, 7) is 0. The molecule has 0 saturated heterocycles. The van der Waals surface area contributed by atoms with Crippen LogP contribution in [0.5, 0.6) is 0 Å². The summed E-state index contributed by atoms with van der Waals surface area (Å²) in [5.74, 6) is 0. The van der Waals surface area contributed by atoms with E-state index in [4.69, 9.17) is 0 Å². The highest BCUT2D eigenvalue weighted by molar-refractivity contribution is 7.59. The Bertz CT molecular complexity index is 283. The van der Waals surface area contributed by atoms with Gasteiger partial charge in [0.15, 0.2) is 0 Å². The van der Waals surface area contributed by atoms with Crippen LogP contribution in [0, 0.1) is 0 Å². The summed E-state index contributed by atoms with van der Waals surface area (Å²) >= 11 is 0. The summed E-state index contributed by atoms with van der Waals surface area (Å²) in [5, 5.41) is 9.80. The van der Waals surface area contributed by atoms with E-state index in [0.29, 0.717) is 0 Å². The van der Waals surface area contributed by atoms with Crippen molar-refractivity contribution in [3.05, 3.63) is 36.7 Å². The minimum atomic E-state index is 0. The lowest BCUT2D eigenvalue weighted by Crippen LogP contribution is -1.77. The third-order valence-corrected chi connectivity index (χ3v) is 1.46. The number of hydrogen-bond acceptors (Lipinski definition) is 2. The average molecular weight is 164 g/mol. The number of rotatable bonds is 0. The molecule has 2 nitrogen and oxygen atoms in total. The summed E-state index contributed by atoms with van der Waals surface area (Å²) in [7, 11) is 0. The second-order valence-electron chi connectivity index (χ2n) is 2.12. The fourth-order valence-corrected chi connectivity index (χ4v) is 0.937. The highest BCUT2D eigenvalue weighted by atomic mass is 32.1. The molecular formula is C8H8N2S. The second-order valence-corrected chi connectivity index (χ2v) is 2.12. The summed E-state index contributed by atoms with van der Waals surface area (Å²) in [5.41, 5.74) is 0. The van der Waals surface area contributed by atoms with Crippen LogP contribution in [0.2, 0.25) is 0 Å². The smallest absolute Gasteiger partial charge is 0.0574 e. The van der Waals surface area contributed by atoms with Crippen molar-refractivity contribution >= 4 is 24.3 Å². The van der Waals surface area contributed by atoms with Crippen LogP contribution < -0.4 is 0 Å². The van der Waals surface area contributed by atoms with E-state index in [1.54, 1.807) is 12.4 Å². The van der Waals surface area contributed by atoms with Gasteiger partial charge in [0.1, 0.15) is 0 Å². The van der Waals surface area contributed by atoms with Crippen molar-refractivity contribution in [1.82, 2.24) is 10.2 Å². The van der Waals surface area contributed by atoms with Crippen molar-refractivity contribution in [3.8, 4) is 0 Å².